The Balaban J connectivity index is 1.56. The lowest BCUT2D eigenvalue weighted by Gasteiger charge is -2.11. The minimum atomic E-state index is -0.217. The molecule has 0 saturated heterocycles. The molecule has 1 amide bonds. The third-order valence-corrected chi connectivity index (χ3v) is 4.59. The van der Waals surface area contributed by atoms with Crippen molar-refractivity contribution < 1.29 is 13.9 Å². The van der Waals surface area contributed by atoms with Gasteiger partial charge in [-0.05, 0) is 67.4 Å². The van der Waals surface area contributed by atoms with Gasteiger partial charge in [0.1, 0.15) is 11.3 Å². The molecule has 3 aromatic carbocycles. The van der Waals surface area contributed by atoms with Gasteiger partial charge in [-0.25, -0.2) is 4.98 Å². The lowest BCUT2D eigenvalue weighted by atomic mass is 10.1. The van der Waals surface area contributed by atoms with Crippen molar-refractivity contribution in [2.75, 3.05) is 12.4 Å². The van der Waals surface area contributed by atoms with Crippen LogP contribution in [0.25, 0.3) is 22.6 Å². The van der Waals surface area contributed by atoms with Crippen molar-refractivity contribution in [1.82, 2.24) is 4.98 Å². The van der Waals surface area contributed by atoms with E-state index in [0.29, 0.717) is 22.9 Å². The van der Waals surface area contributed by atoms with Crippen LogP contribution in [0.2, 0.25) is 0 Å². The second-order valence-corrected chi connectivity index (χ2v) is 6.68. The molecule has 0 radical (unpaired) electrons. The molecule has 5 nitrogen and oxygen atoms in total. The van der Waals surface area contributed by atoms with Gasteiger partial charge in [0.2, 0.25) is 5.89 Å². The molecule has 0 bridgehead atoms. The van der Waals surface area contributed by atoms with E-state index < -0.39 is 0 Å². The second-order valence-electron chi connectivity index (χ2n) is 6.68. The Bertz CT molecular complexity index is 1160. The standard InChI is InChI=1S/C23H20N2O3/c1-14-7-12-20-19(13-14)25-23(28-20)16-8-10-17(11-9-16)24-22(26)18-6-4-5-15(2)21(18)27-3/h4-13H,1-3H3,(H,24,26). The molecule has 28 heavy (non-hydrogen) atoms. The quantitative estimate of drug-likeness (QED) is 0.523. The monoisotopic (exact) mass is 372 g/mol. The molecule has 0 fully saturated rings. The van der Waals surface area contributed by atoms with Gasteiger partial charge in [0.05, 0.1) is 12.7 Å². The maximum Gasteiger partial charge on any atom is 0.259 e. The molecular weight excluding hydrogens is 352 g/mol. The second kappa shape index (κ2) is 7.19. The first-order chi connectivity index (χ1) is 13.5. The van der Waals surface area contributed by atoms with Gasteiger partial charge in [0.25, 0.3) is 5.91 Å². The number of nitrogens with one attached hydrogen (secondary N) is 1. The zero-order chi connectivity index (χ0) is 19.7. The summed E-state index contributed by atoms with van der Waals surface area (Å²) < 4.78 is 11.2. The van der Waals surface area contributed by atoms with Crippen LogP contribution in [0.15, 0.2) is 65.1 Å². The number of fused-ring (bicyclic) bond motifs is 1. The van der Waals surface area contributed by atoms with E-state index in [1.165, 1.54) is 0 Å². The highest BCUT2D eigenvalue weighted by Gasteiger charge is 2.14. The van der Waals surface area contributed by atoms with Crippen molar-refractivity contribution in [2.45, 2.75) is 13.8 Å². The highest BCUT2D eigenvalue weighted by molar-refractivity contribution is 6.06. The van der Waals surface area contributed by atoms with Gasteiger partial charge in [0, 0.05) is 11.3 Å². The summed E-state index contributed by atoms with van der Waals surface area (Å²) in [5.41, 5.74) is 5.67. The summed E-state index contributed by atoms with van der Waals surface area (Å²) in [5, 5.41) is 2.90. The van der Waals surface area contributed by atoms with Gasteiger partial charge >= 0.3 is 0 Å². The summed E-state index contributed by atoms with van der Waals surface area (Å²) in [4.78, 5) is 17.2. The highest BCUT2D eigenvalue weighted by Crippen LogP contribution is 2.27. The third kappa shape index (κ3) is 3.34. The van der Waals surface area contributed by atoms with Crippen molar-refractivity contribution in [1.29, 1.82) is 0 Å². The molecular formula is C23H20N2O3. The number of para-hydroxylation sites is 1. The maximum absolute atomic E-state index is 12.6. The number of nitrogens with zero attached hydrogens (tertiary/aromatic N) is 1. The van der Waals surface area contributed by atoms with E-state index in [-0.39, 0.29) is 5.91 Å². The van der Waals surface area contributed by atoms with Crippen LogP contribution in [-0.2, 0) is 0 Å². The van der Waals surface area contributed by atoms with Crippen molar-refractivity contribution in [3.8, 4) is 17.2 Å². The number of hydrogen-bond acceptors (Lipinski definition) is 4. The minimum absolute atomic E-state index is 0.217. The lowest BCUT2D eigenvalue weighted by Crippen LogP contribution is -2.13. The fourth-order valence-corrected chi connectivity index (χ4v) is 3.16. The molecule has 0 aliphatic rings. The van der Waals surface area contributed by atoms with E-state index in [1.807, 2.05) is 68.4 Å². The largest absolute Gasteiger partial charge is 0.496 e. The van der Waals surface area contributed by atoms with Crippen LogP contribution >= 0.6 is 0 Å². The predicted octanol–water partition coefficient (Wildman–Crippen LogP) is 5.37. The predicted molar refractivity (Wildman–Crippen MR) is 110 cm³/mol. The Morgan fingerprint density at radius 2 is 1.82 bits per heavy atom. The highest BCUT2D eigenvalue weighted by atomic mass is 16.5. The number of hydrogen-bond donors (Lipinski definition) is 1. The van der Waals surface area contributed by atoms with Gasteiger partial charge in [0.15, 0.2) is 5.58 Å². The number of carbonyl (C=O) groups excluding carboxylic acids is 1. The van der Waals surface area contributed by atoms with Crippen molar-refractivity contribution in [2.24, 2.45) is 0 Å². The first-order valence-electron chi connectivity index (χ1n) is 8.98. The van der Waals surface area contributed by atoms with Crippen LogP contribution in [-0.4, -0.2) is 18.0 Å². The van der Waals surface area contributed by atoms with Gasteiger partial charge in [-0.15, -0.1) is 0 Å². The van der Waals surface area contributed by atoms with Crippen molar-refractivity contribution in [3.63, 3.8) is 0 Å². The fourth-order valence-electron chi connectivity index (χ4n) is 3.16. The number of carbonyl (C=O) groups is 1. The number of methoxy groups -OCH3 is 1. The lowest BCUT2D eigenvalue weighted by molar-refractivity contribution is 0.102. The summed E-state index contributed by atoms with van der Waals surface area (Å²) in [6.45, 7) is 3.93. The normalized spacial score (nSPS) is 10.8. The molecule has 0 unspecified atom stereocenters. The number of aromatic nitrogens is 1. The molecule has 1 N–H and O–H groups in total. The Labute approximate surface area is 163 Å². The fraction of sp³-hybridized carbons (Fsp3) is 0.130. The maximum atomic E-state index is 12.6. The summed E-state index contributed by atoms with van der Waals surface area (Å²) in [5.74, 6) is 0.919. The molecule has 140 valence electrons. The summed E-state index contributed by atoms with van der Waals surface area (Å²) in [7, 11) is 1.57. The minimum Gasteiger partial charge on any atom is -0.496 e. The zero-order valence-corrected chi connectivity index (χ0v) is 15.9. The van der Waals surface area contributed by atoms with Crippen molar-refractivity contribution in [3.05, 3.63) is 77.4 Å². The number of anilines is 1. The molecule has 1 aromatic heterocycles. The summed E-state index contributed by atoms with van der Waals surface area (Å²) in [6.07, 6.45) is 0. The number of amides is 1. The molecule has 1 heterocycles. The molecule has 5 heteroatoms. The van der Waals surface area contributed by atoms with E-state index in [2.05, 4.69) is 10.3 Å². The SMILES string of the molecule is COc1c(C)cccc1C(=O)Nc1ccc(-c2nc3cc(C)ccc3o2)cc1. The van der Waals surface area contributed by atoms with Crippen molar-refractivity contribution >= 4 is 22.7 Å². The van der Waals surface area contributed by atoms with Gasteiger partial charge in [-0.1, -0.05) is 18.2 Å². The van der Waals surface area contributed by atoms with Crippen LogP contribution in [0.5, 0.6) is 5.75 Å². The van der Waals surface area contributed by atoms with Crippen LogP contribution in [0, 0.1) is 13.8 Å². The average Bonchev–Trinajstić information content (AvgIpc) is 3.11. The van der Waals surface area contributed by atoms with Gasteiger partial charge in [-0.2, -0.15) is 0 Å². The first kappa shape index (κ1) is 17.8. The smallest absolute Gasteiger partial charge is 0.259 e. The molecule has 0 saturated carbocycles. The zero-order valence-electron chi connectivity index (χ0n) is 15.9. The number of benzene rings is 3. The molecule has 0 spiro atoms. The van der Waals surface area contributed by atoms with Crippen LogP contribution in [0.3, 0.4) is 0 Å². The van der Waals surface area contributed by atoms with Crippen LogP contribution < -0.4 is 10.1 Å². The molecule has 0 aliphatic heterocycles. The Morgan fingerprint density at radius 1 is 1.04 bits per heavy atom. The van der Waals surface area contributed by atoms with E-state index in [9.17, 15) is 4.79 Å². The molecule has 0 atom stereocenters. The Hall–Kier alpha value is -3.60. The number of ether oxygens (including phenoxy) is 1. The van der Waals surface area contributed by atoms with E-state index in [1.54, 1.807) is 13.2 Å². The number of rotatable bonds is 4. The molecule has 4 aromatic rings. The third-order valence-electron chi connectivity index (χ3n) is 4.59. The van der Waals surface area contributed by atoms with E-state index in [4.69, 9.17) is 9.15 Å². The van der Waals surface area contributed by atoms with E-state index in [0.717, 1.165) is 27.8 Å². The topological polar surface area (TPSA) is 64.4 Å². The number of oxazole rings is 1. The molecule has 0 aliphatic carbocycles. The Kier molecular flexibility index (Phi) is 4.57. The van der Waals surface area contributed by atoms with E-state index >= 15 is 0 Å². The average molecular weight is 372 g/mol. The number of aryl methyl sites for hydroxylation is 2. The van der Waals surface area contributed by atoms with Crippen LogP contribution in [0.1, 0.15) is 21.5 Å². The first-order valence-corrected chi connectivity index (χ1v) is 8.98. The van der Waals surface area contributed by atoms with Crippen LogP contribution in [0.4, 0.5) is 5.69 Å². The summed E-state index contributed by atoms with van der Waals surface area (Å²) in [6, 6.07) is 18.8. The summed E-state index contributed by atoms with van der Waals surface area (Å²) >= 11 is 0. The van der Waals surface area contributed by atoms with Gasteiger partial charge in [-0.3, -0.25) is 4.79 Å². The molecule has 4 rings (SSSR count). The Morgan fingerprint density at radius 3 is 2.57 bits per heavy atom. The van der Waals surface area contributed by atoms with Gasteiger partial charge < -0.3 is 14.5 Å².